The normalized spacial score (nSPS) is 15.7. The molecule has 0 unspecified atom stereocenters. The van der Waals surface area contributed by atoms with Crippen molar-refractivity contribution in [3.05, 3.63) is 23.8 Å². The van der Waals surface area contributed by atoms with Gasteiger partial charge in [0.05, 0.1) is 13.7 Å². The fourth-order valence-corrected chi connectivity index (χ4v) is 2.62. The van der Waals surface area contributed by atoms with Crippen molar-refractivity contribution >= 4 is 5.91 Å². The number of amides is 1. The highest BCUT2D eigenvalue weighted by Crippen LogP contribution is 2.28. The molecule has 2 rings (SSSR count). The third-order valence-corrected chi connectivity index (χ3v) is 3.91. The maximum atomic E-state index is 11.3. The maximum absolute atomic E-state index is 11.3. The predicted octanol–water partition coefficient (Wildman–Crippen LogP) is 2.15. The second-order valence-corrected chi connectivity index (χ2v) is 5.62. The Morgan fingerprint density at radius 1 is 1.18 bits per heavy atom. The molecule has 1 amide bonds. The number of ether oxygens (including phenoxy) is 2. The minimum atomic E-state index is 0.166. The predicted molar refractivity (Wildman–Crippen MR) is 86.3 cm³/mol. The van der Waals surface area contributed by atoms with E-state index in [1.54, 1.807) is 14.0 Å². The maximum Gasteiger partial charge on any atom is 0.219 e. The van der Waals surface area contributed by atoms with Gasteiger partial charge in [-0.15, -0.1) is 0 Å². The van der Waals surface area contributed by atoms with Crippen molar-refractivity contribution in [2.24, 2.45) is 0 Å². The Morgan fingerprint density at radius 3 is 2.50 bits per heavy atom. The van der Waals surface area contributed by atoms with E-state index in [9.17, 15) is 4.79 Å². The van der Waals surface area contributed by atoms with E-state index < -0.39 is 0 Å². The van der Waals surface area contributed by atoms with Crippen molar-refractivity contribution in [1.82, 2.24) is 9.80 Å². The average Bonchev–Trinajstić information content (AvgIpc) is 2.54. The molecule has 22 heavy (non-hydrogen) atoms. The van der Waals surface area contributed by atoms with Gasteiger partial charge in [0, 0.05) is 39.6 Å². The zero-order valence-corrected chi connectivity index (χ0v) is 13.8. The number of hydrogen-bond acceptors (Lipinski definition) is 4. The second-order valence-electron chi connectivity index (χ2n) is 5.62. The summed E-state index contributed by atoms with van der Waals surface area (Å²) in [4.78, 5) is 15.6. The van der Waals surface area contributed by atoms with Crippen molar-refractivity contribution in [2.75, 3.05) is 39.9 Å². The van der Waals surface area contributed by atoms with Gasteiger partial charge in [-0.2, -0.15) is 0 Å². The number of carbonyl (C=O) groups excluding carboxylic acids is 1. The fraction of sp³-hybridized carbons (Fsp3) is 0.588. The lowest BCUT2D eigenvalue weighted by Gasteiger charge is -2.34. The van der Waals surface area contributed by atoms with Crippen LogP contribution in [0.5, 0.6) is 11.5 Å². The molecular weight excluding hydrogens is 280 g/mol. The molecule has 1 aromatic carbocycles. The van der Waals surface area contributed by atoms with Gasteiger partial charge in [0.1, 0.15) is 0 Å². The summed E-state index contributed by atoms with van der Waals surface area (Å²) in [5.74, 6) is 1.75. The van der Waals surface area contributed by atoms with Gasteiger partial charge >= 0.3 is 0 Å². The molecule has 122 valence electrons. The van der Waals surface area contributed by atoms with Gasteiger partial charge in [0.15, 0.2) is 11.5 Å². The Balaban J connectivity index is 1.94. The molecule has 0 N–H and O–H groups in total. The quantitative estimate of drug-likeness (QED) is 0.807. The lowest BCUT2D eigenvalue weighted by molar-refractivity contribution is -0.130. The molecule has 0 aliphatic carbocycles. The molecule has 5 nitrogen and oxygen atoms in total. The SMILES string of the molecule is CCCOc1ccc(CN2CCN(C(C)=O)CC2)cc1OC. The molecule has 0 bridgehead atoms. The highest BCUT2D eigenvalue weighted by molar-refractivity contribution is 5.73. The molecule has 1 aromatic rings. The van der Waals surface area contributed by atoms with Gasteiger partial charge in [0.25, 0.3) is 0 Å². The van der Waals surface area contributed by atoms with Crippen molar-refractivity contribution in [3.63, 3.8) is 0 Å². The van der Waals surface area contributed by atoms with E-state index in [1.165, 1.54) is 5.56 Å². The molecule has 1 fully saturated rings. The number of piperazine rings is 1. The minimum Gasteiger partial charge on any atom is -0.493 e. The molecule has 1 aliphatic heterocycles. The van der Waals surface area contributed by atoms with Crippen LogP contribution in [0.3, 0.4) is 0 Å². The van der Waals surface area contributed by atoms with Crippen LogP contribution in [-0.2, 0) is 11.3 Å². The lowest BCUT2D eigenvalue weighted by Crippen LogP contribution is -2.47. The van der Waals surface area contributed by atoms with E-state index in [0.29, 0.717) is 6.61 Å². The first-order valence-corrected chi connectivity index (χ1v) is 7.91. The summed E-state index contributed by atoms with van der Waals surface area (Å²) in [6.07, 6.45) is 0.978. The number of methoxy groups -OCH3 is 1. The Kier molecular flexibility index (Phi) is 6.07. The second kappa shape index (κ2) is 8.03. The molecule has 1 saturated heterocycles. The summed E-state index contributed by atoms with van der Waals surface area (Å²) in [6, 6.07) is 6.11. The van der Waals surface area contributed by atoms with Crippen LogP contribution in [0.15, 0.2) is 18.2 Å². The van der Waals surface area contributed by atoms with E-state index in [-0.39, 0.29) is 5.91 Å². The Morgan fingerprint density at radius 2 is 1.91 bits per heavy atom. The molecule has 0 atom stereocenters. The molecule has 0 spiro atoms. The number of benzene rings is 1. The first-order chi connectivity index (χ1) is 10.6. The molecule has 0 aromatic heterocycles. The monoisotopic (exact) mass is 306 g/mol. The summed E-state index contributed by atoms with van der Waals surface area (Å²) in [7, 11) is 1.67. The molecular formula is C17H26N2O3. The smallest absolute Gasteiger partial charge is 0.219 e. The summed E-state index contributed by atoms with van der Waals surface area (Å²) >= 11 is 0. The highest BCUT2D eigenvalue weighted by atomic mass is 16.5. The molecule has 0 radical (unpaired) electrons. The third kappa shape index (κ3) is 4.37. The van der Waals surface area contributed by atoms with Gasteiger partial charge in [-0.3, -0.25) is 9.69 Å². The van der Waals surface area contributed by atoms with Crippen LogP contribution in [-0.4, -0.2) is 55.6 Å². The van der Waals surface area contributed by atoms with Crippen LogP contribution < -0.4 is 9.47 Å². The van der Waals surface area contributed by atoms with Gasteiger partial charge in [-0.05, 0) is 24.1 Å². The number of nitrogens with zero attached hydrogens (tertiary/aromatic N) is 2. The average molecular weight is 306 g/mol. The van der Waals surface area contributed by atoms with Gasteiger partial charge in [0.2, 0.25) is 5.91 Å². The summed E-state index contributed by atoms with van der Waals surface area (Å²) in [6.45, 7) is 8.73. The van der Waals surface area contributed by atoms with Crippen LogP contribution in [0.4, 0.5) is 0 Å². The van der Waals surface area contributed by atoms with E-state index in [1.807, 2.05) is 17.0 Å². The Bertz CT molecular complexity index is 497. The summed E-state index contributed by atoms with van der Waals surface area (Å²) in [5, 5.41) is 0. The van der Waals surface area contributed by atoms with Crippen LogP contribution in [0.2, 0.25) is 0 Å². The summed E-state index contributed by atoms with van der Waals surface area (Å²) < 4.78 is 11.1. The number of carbonyl (C=O) groups is 1. The van der Waals surface area contributed by atoms with E-state index in [0.717, 1.165) is 50.6 Å². The standard InChI is InChI=1S/C17H26N2O3/c1-4-11-22-16-6-5-15(12-17(16)21-3)13-18-7-9-19(10-8-18)14(2)20/h5-6,12H,4,7-11,13H2,1-3H3. The van der Waals surface area contributed by atoms with Crippen molar-refractivity contribution in [1.29, 1.82) is 0 Å². The lowest BCUT2D eigenvalue weighted by atomic mass is 10.1. The van der Waals surface area contributed by atoms with Gasteiger partial charge in [-0.1, -0.05) is 13.0 Å². The first kappa shape index (κ1) is 16.6. The van der Waals surface area contributed by atoms with Crippen molar-refractivity contribution in [2.45, 2.75) is 26.8 Å². The van der Waals surface area contributed by atoms with Crippen LogP contribution in [0, 0.1) is 0 Å². The van der Waals surface area contributed by atoms with Crippen LogP contribution in [0.25, 0.3) is 0 Å². The molecule has 1 aliphatic rings. The van der Waals surface area contributed by atoms with Crippen molar-refractivity contribution < 1.29 is 14.3 Å². The minimum absolute atomic E-state index is 0.166. The largest absolute Gasteiger partial charge is 0.493 e. The summed E-state index contributed by atoms with van der Waals surface area (Å²) in [5.41, 5.74) is 1.21. The fourth-order valence-electron chi connectivity index (χ4n) is 2.62. The Hall–Kier alpha value is -1.75. The number of rotatable bonds is 6. The Labute approximate surface area is 132 Å². The molecule has 5 heteroatoms. The molecule has 0 saturated carbocycles. The first-order valence-electron chi connectivity index (χ1n) is 7.91. The van der Waals surface area contributed by atoms with E-state index in [4.69, 9.17) is 9.47 Å². The van der Waals surface area contributed by atoms with Crippen LogP contribution in [0.1, 0.15) is 25.8 Å². The van der Waals surface area contributed by atoms with E-state index in [2.05, 4.69) is 17.9 Å². The zero-order chi connectivity index (χ0) is 15.9. The number of hydrogen-bond donors (Lipinski definition) is 0. The topological polar surface area (TPSA) is 42.0 Å². The van der Waals surface area contributed by atoms with Gasteiger partial charge < -0.3 is 14.4 Å². The van der Waals surface area contributed by atoms with Crippen LogP contribution >= 0.6 is 0 Å². The van der Waals surface area contributed by atoms with Gasteiger partial charge in [-0.25, -0.2) is 0 Å². The highest BCUT2D eigenvalue weighted by Gasteiger charge is 2.18. The van der Waals surface area contributed by atoms with Crippen molar-refractivity contribution in [3.8, 4) is 11.5 Å². The third-order valence-electron chi connectivity index (χ3n) is 3.91. The zero-order valence-electron chi connectivity index (χ0n) is 13.8. The van der Waals surface area contributed by atoms with E-state index >= 15 is 0 Å². The molecule has 1 heterocycles.